The van der Waals surface area contributed by atoms with Gasteiger partial charge < -0.3 is 0 Å². The van der Waals surface area contributed by atoms with E-state index in [1.807, 2.05) is 24.3 Å². The summed E-state index contributed by atoms with van der Waals surface area (Å²) in [6, 6.07) is 7.45. The second kappa shape index (κ2) is 3.80. The number of rotatable bonds is 3. The van der Waals surface area contributed by atoms with Crippen LogP contribution in [-0.4, -0.2) is 19.4 Å². The minimum absolute atomic E-state index is 0.163. The zero-order valence-corrected chi connectivity index (χ0v) is 10.1. The molecule has 2 atom stereocenters. The van der Waals surface area contributed by atoms with Gasteiger partial charge in [-0.2, -0.15) is 0 Å². The van der Waals surface area contributed by atoms with Crippen molar-refractivity contribution in [3.63, 3.8) is 0 Å². The van der Waals surface area contributed by atoms with Gasteiger partial charge in [-0.1, -0.05) is 30.7 Å². The van der Waals surface area contributed by atoms with Crippen molar-refractivity contribution >= 4 is 21.4 Å². The van der Waals surface area contributed by atoms with Crippen LogP contribution in [0.1, 0.15) is 24.8 Å². The van der Waals surface area contributed by atoms with E-state index in [2.05, 4.69) is 0 Å². The number of hydrogen-bond acceptors (Lipinski definition) is 2. The van der Waals surface area contributed by atoms with Gasteiger partial charge in [-0.3, -0.25) is 0 Å². The fourth-order valence-electron chi connectivity index (χ4n) is 1.84. The average Bonchev–Trinajstić information content (AvgIpc) is 2.99. The molecule has 82 valence electrons. The normalized spacial score (nSPS) is 25.2. The van der Waals surface area contributed by atoms with Gasteiger partial charge >= 0.3 is 0 Å². The van der Waals surface area contributed by atoms with Crippen LogP contribution in [0.4, 0.5) is 0 Å². The lowest BCUT2D eigenvalue weighted by Crippen LogP contribution is -2.10. The van der Waals surface area contributed by atoms with Crippen LogP contribution in [0, 0.1) is 0 Å². The topological polar surface area (TPSA) is 34.1 Å². The number of hydrogen-bond donors (Lipinski definition) is 0. The summed E-state index contributed by atoms with van der Waals surface area (Å²) in [4.78, 5) is 0. The van der Waals surface area contributed by atoms with E-state index in [1.165, 1.54) is 0 Å². The largest absolute Gasteiger partial charge is 0.229 e. The predicted octanol–water partition coefficient (Wildman–Crippen LogP) is 2.63. The summed E-state index contributed by atoms with van der Waals surface area (Å²) in [5.41, 5.74) is 1.08. The summed E-state index contributed by atoms with van der Waals surface area (Å²) in [5.74, 6) is 0.425. The quantitative estimate of drug-likeness (QED) is 0.819. The fraction of sp³-hybridized carbons (Fsp3) is 0.455. The zero-order chi connectivity index (χ0) is 11.1. The van der Waals surface area contributed by atoms with Gasteiger partial charge in [0.1, 0.15) is 0 Å². The third-order valence-electron chi connectivity index (χ3n) is 2.89. The molecule has 0 heterocycles. The molecule has 0 amide bonds. The molecule has 0 N–H and O–H groups in total. The molecule has 0 unspecified atom stereocenters. The molecule has 2 nitrogen and oxygen atoms in total. The van der Waals surface area contributed by atoms with Gasteiger partial charge in [-0.25, -0.2) is 8.42 Å². The number of sulfone groups is 1. The van der Waals surface area contributed by atoms with Crippen LogP contribution >= 0.6 is 11.6 Å². The third-order valence-corrected chi connectivity index (χ3v) is 5.39. The molecule has 1 fully saturated rings. The van der Waals surface area contributed by atoms with E-state index in [0.29, 0.717) is 5.02 Å². The molecule has 4 heteroatoms. The first-order valence-electron chi connectivity index (χ1n) is 5.01. The Hall–Kier alpha value is -0.540. The Kier molecular flexibility index (Phi) is 2.77. The summed E-state index contributed by atoms with van der Waals surface area (Å²) in [5, 5.41) is 0.526. The Morgan fingerprint density at radius 1 is 1.33 bits per heavy atom. The van der Waals surface area contributed by atoms with Crippen LogP contribution < -0.4 is 0 Å². The summed E-state index contributed by atoms with van der Waals surface area (Å²) in [6.45, 7) is 1.70. The van der Waals surface area contributed by atoms with Gasteiger partial charge in [0.15, 0.2) is 9.84 Å². The lowest BCUT2D eigenvalue weighted by molar-refractivity contribution is 0.595. The Bertz CT molecular complexity index is 450. The highest BCUT2D eigenvalue weighted by molar-refractivity contribution is 7.92. The van der Waals surface area contributed by atoms with Gasteiger partial charge in [0.25, 0.3) is 0 Å². The molecule has 0 radical (unpaired) electrons. The standard InChI is InChI=1S/C11H13ClO2S/c1-2-15(13,14)11-7-10(11)8-3-5-9(12)6-4-8/h3-6,10-11H,2,7H2,1H3/t10-,11-/m1/s1. The molecule has 1 saturated carbocycles. The average molecular weight is 245 g/mol. The maximum absolute atomic E-state index is 11.6. The fourth-order valence-corrected chi connectivity index (χ4v) is 3.56. The van der Waals surface area contributed by atoms with Crippen molar-refractivity contribution in [3.8, 4) is 0 Å². The van der Waals surface area contributed by atoms with Crippen LogP contribution in [-0.2, 0) is 9.84 Å². The maximum atomic E-state index is 11.6. The third kappa shape index (κ3) is 2.18. The molecular weight excluding hydrogens is 232 g/mol. The number of halogens is 1. The highest BCUT2D eigenvalue weighted by atomic mass is 35.5. The zero-order valence-electron chi connectivity index (χ0n) is 8.48. The SMILES string of the molecule is CCS(=O)(=O)[C@@H]1C[C@@H]1c1ccc(Cl)cc1. The molecular formula is C11H13ClO2S. The van der Waals surface area contributed by atoms with E-state index in [4.69, 9.17) is 11.6 Å². The van der Waals surface area contributed by atoms with E-state index >= 15 is 0 Å². The maximum Gasteiger partial charge on any atom is 0.153 e. The Morgan fingerprint density at radius 3 is 2.47 bits per heavy atom. The van der Waals surface area contributed by atoms with Crippen molar-refractivity contribution in [2.75, 3.05) is 5.75 Å². The van der Waals surface area contributed by atoms with Gasteiger partial charge in [0, 0.05) is 16.7 Å². The van der Waals surface area contributed by atoms with E-state index < -0.39 is 9.84 Å². The Labute approximate surface area is 95.2 Å². The van der Waals surface area contributed by atoms with Gasteiger partial charge in [-0.15, -0.1) is 0 Å². The monoisotopic (exact) mass is 244 g/mol. The van der Waals surface area contributed by atoms with Crippen molar-refractivity contribution in [1.29, 1.82) is 0 Å². The van der Waals surface area contributed by atoms with Crippen molar-refractivity contribution in [3.05, 3.63) is 34.9 Å². The molecule has 0 saturated heterocycles. The molecule has 2 rings (SSSR count). The van der Waals surface area contributed by atoms with Gasteiger partial charge in [0.2, 0.25) is 0 Å². The van der Waals surface area contributed by atoms with Crippen LogP contribution in [0.3, 0.4) is 0 Å². The molecule has 0 bridgehead atoms. The first kappa shape index (κ1) is 11.0. The molecule has 0 aliphatic heterocycles. The molecule has 15 heavy (non-hydrogen) atoms. The predicted molar refractivity (Wildman–Crippen MR) is 62.1 cm³/mol. The molecule has 1 aliphatic carbocycles. The molecule has 1 aromatic carbocycles. The smallest absolute Gasteiger partial charge is 0.153 e. The van der Waals surface area contributed by atoms with Gasteiger partial charge in [-0.05, 0) is 24.1 Å². The van der Waals surface area contributed by atoms with Crippen molar-refractivity contribution in [2.24, 2.45) is 0 Å². The minimum Gasteiger partial charge on any atom is -0.229 e. The first-order valence-corrected chi connectivity index (χ1v) is 7.11. The highest BCUT2D eigenvalue weighted by Crippen LogP contribution is 2.46. The van der Waals surface area contributed by atoms with Crippen LogP contribution in [0.15, 0.2) is 24.3 Å². The Morgan fingerprint density at radius 2 is 1.93 bits per heavy atom. The van der Waals surface area contributed by atoms with Crippen molar-refractivity contribution in [1.82, 2.24) is 0 Å². The van der Waals surface area contributed by atoms with Gasteiger partial charge in [0.05, 0.1) is 5.25 Å². The summed E-state index contributed by atoms with van der Waals surface area (Å²) in [7, 11) is -2.87. The van der Waals surface area contributed by atoms with Crippen LogP contribution in [0.2, 0.25) is 5.02 Å². The van der Waals surface area contributed by atoms with E-state index in [1.54, 1.807) is 6.92 Å². The highest BCUT2D eigenvalue weighted by Gasteiger charge is 2.46. The second-order valence-corrected chi connectivity index (χ2v) is 6.83. The molecule has 1 aromatic rings. The summed E-state index contributed by atoms with van der Waals surface area (Å²) < 4.78 is 23.2. The summed E-state index contributed by atoms with van der Waals surface area (Å²) in [6.07, 6.45) is 0.762. The second-order valence-electron chi connectivity index (χ2n) is 3.88. The lowest BCUT2D eigenvalue weighted by Gasteiger charge is -2.01. The first-order chi connectivity index (χ1) is 7.04. The number of benzene rings is 1. The van der Waals surface area contributed by atoms with Crippen LogP contribution in [0.25, 0.3) is 0 Å². The Balaban J connectivity index is 2.15. The molecule has 0 aromatic heterocycles. The lowest BCUT2D eigenvalue weighted by atomic mass is 10.1. The van der Waals surface area contributed by atoms with Crippen molar-refractivity contribution < 1.29 is 8.42 Å². The minimum atomic E-state index is -2.87. The van der Waals surface area contributed by atoms with E-state index in [-0.39, 0.29) is 16.9 Å². The molecule has 0 spiro atoms. The van der Waals surface area contributed by atoms with Crippen molar-refractivity contribution in [2.45, 2.75) is 24.5 Å². The van der Waals surface area contributed by atoms with E-state index in [9.17, 15) is 8.42 Å². The van der Waals surface area contributed by atoms with Crippen LogP contribution in [0.5, 0.6) is 0 Å². The van der Waals surface area contributed by atoms with E-state index in [0.717, 1.165) is 12.0 Å². The molecule has 1 aliphatic rings. The summed E-state index contributed by atoms with van der Waals surface area (Å²) >= 11 is 5.77.